The van der Waals surface area contributed by atoms with Crippen molar-refractivity contribution in [3.63, 3.8) is 0 Å². The zero-order chi connectivity index (χ0) is 12.3. The van der Waals surface area contributed by atoms with Gasteiger partial charge in [0.2, 0.25) is 0 Å². The number of ether oxygens (including phenoxy) is 1. The van der Waals surface area contributed by atoms with Crippen molar-refractivity contribution >= 4 is 0 Å². The van der Waals surface area contributed by atoms with Gasteiger partial charge >= 0.3 is 0 Å². The van der Waals surface area contributed by atoms with Gasteiger partial charge < -0.3 is 10.1 Å². The Kier molecular flexibility index (Phi) is 4.19. The minimum atomic E-state index is 0.448. The highest BCUT2D eigenvalue weighted by Crippen LogP contribution is 2.32. The van der Waals surface area contributed by atoms with Crippen molar-refractivity contribution in [3.05, 3.63) is 34.9 Å². The Morgan fingerprint density at radius 2 is 2.06 bits per heavy atom. The summed E-state index contributed by atoms with van der Waals surface area (Å²) in [5.41, 5.74) is 4.26. The number of benzene rings is 1. The molecule has 2 heteroatoms. The molecule has 1 aliphatic heterocycles. The van der Waals surface area contributed by atoms with E-state index >= 15 is 0 Å². The van der Waals surface area contributed by atoms with Crippen LogP contribution >= 0.6 is 0 Å². The summed E-state index contributed by atoms with van der Waals surface area (Å²) in [6, 6.07) is 7.01. The van der Waals surface area contributed by atoms with Gasteiger partial charge in [0.15, 0.2) is 0 Å². The molecule has 0 aromatic heterocycles. The standard InChI is InChI=1S/C15H23NO/c1-4-16-15(13-8-9-17-10-13)14-11(2)6-5-7-12(14)3/h5-7,13,15-16H,4,8-10H2,1-3H3. The largest absolute Gasteiger partial charge is 0.381 e. The van der Waals surface area contributed by atoms with Gasteiger partial charge in [0.25, 0.3) is 0 Å². The number of nitrogens with one attached hydrogen (secondary N) is 1. The van der Waals surface area contributed by atoms with Crippen LogP contribution in [0.1, 0.15) is 36.1 Å². The second-order valence-corrected chi connectivity index (χ2v) is 4.96. The molecule has 2 rings (SSSR count). The summed E-state index contributed by atoms with van der Waals surface area (Å²) >= 11 is 0. The van der Waals surface area contributed by atoms with Crippen LogP contribution in [-0.2, 0) is 4.74 Å². The van der Waals surface area contributed by atoms with Crippen LogP contribution in [0, 0.1) is 19.8 Å². The van der Waals surface area contributed by atoms with Crippen molar-refractivity contribution in [1.29, 1.82) is 0 Å². The first-order valence-corrected chi connectivity index (χ1v) is 6.61. The topological polar surface area (TPSA) is 21.3 Å². The maximum absolute atomic E-state index is 5.55. The highest BCUT2D eigenvalue weighted by molar-refractivity contribution is 5.36. The maximum atomic E-state index is 5.55. The van der Waals surface area contributed by atoms with Gasteiger partial charge in [-0.1, -0.05) is 25.1 Å². The van der Waals surface area contributed by atoms with Gasteiger partial charge in [-0.2, -0.15) is 0 Å². The first kappa shape index (κ1) is 12.6. The third-order valence-corrected chi connectivity index (χ3v) is 3.71. The van der Waals surface area contributed by atoms with Gasteiger partial charge in [-0.15, -0.1) is 0 Å². The minimum absolute atomic E-state index is 0.448. The van der Waals surface area contributed by atoms with Crippen LogP contribution in [0.2, 0.25) is 0 Å². The fourth-order valence-electron chi connectivity index (χ4n) is 2.86. The molecule has 0 aliphatic carbocycles. The molecular weight excluding hydrogens is 210 g/mol. The van der Waals surface area contributed by atoms with Crippen molar-refractivity contribution in [2.24, 2.45) is 5.92 Å². The van der Waals surface area contributed by atoms with Gasteiger partial charge in [0.05, 0.1) is 6.61 Å². The third-order valence-electron chi connectivity index (χ3n) is 3.71. The van der Waals surface area contributed by atoms with E-state index in [0.717, 1.165) is 19.8 Å². The molecule has 94 valence electrons. The van der Waals surface area contributed by atoms with Crippen molar-refractivity contribution in [1.82, 2.24) is 5.32 Å². The molecule has 1 heterocycles. The van der Waals surface area contributed by atoms with E-state index in [1.54, 1.807) is 0 Å². The Bertz CT molecular complexity index is 349. The van der Waals surface area contributed by atoms with Crippen LogP contribution in [0.25, 0.3) is 0 Å². The Balaban J connectivity index is 2.31. The monoisotopic (exact) mass is 233 g/mol. The molecule has 0 amide bonds. The molecule has 1 N–H and O–H groups in total. The minimum Gasteiger partial charge on any atom is -0.381 e. The van der Waals surface area contributed by atoms with Crippen LogP contribution in [0.5, 0.6) is 0 Å². The van der Waals surface area contributed by atoms with Gasteiger partial charge in [-0.3, -0.25) is 0 Å². The second kappa shape index (κ2) is 5.65. The first-order valence-electron chi connectivity index (χ1n) is 6.61. The number of rotatable bonds is 4. The van der Waals surface area contributed by atoms with Crippen LogP contribution in [0.4, 0.5) is 0 Å². The van der Waals surface area contributed by atoms with E-state index in [9.17, 15) is 0 Å². The fraction of sp³-hybridized carbons (Fsp3) is 0.600. The Hall–Kier alpha value is -0.860. The molecule has 1 fully saturated rings. The summed E-state index contributed by atoms with van der Waals surface area (Å²) in [6.07, 6.45) is 1.17. The van der Waals surface area contributed by atoms with E-state index in [1.165, 1.54) is 23.1 Å². The highest BCUT2D eigenvalue weighted by Gasteiger charge is 2.28. The molecule has 1 aliphatic rings. The zero-order valence-corrected chi connectivity index (χ0v) is 11.1. The summed E-state index contributed by atoms with van der Waals surface area (Å²) in [4.78, 5) is 0. The molecule has 0 bridgehead atoms. The van der Waals surface area contributed by atoms with E-state index in [4.69, 9.17) is 4.74 Å². The molecule has 0 radical (unpaired) electrons. The lowest BCUT2D eigenvalue weighted by atomic mass is 9.87. The number of hydrogen-bond acceptors (Lipinski definition) is 2. The first-order chi connectivity index (χ1) is 8.24. The summed E-state index contributed by atoms with van der Waals surface area (Å²) in [6.45, 7) is 9.42. The van der Waals surface area contributed by atoms with E-state index in [-0.39, 0.29) is 0 Å². The normalized spacial score (nSPS) is 21.7. The summed E-state index contributed by atoms with van der Waals surface area (Å²) < 4.78 is 5.55. The SMILES string of the molecule is CCNC(c1c(C)cccc1C)C1CCOC1. The Labute approximate surface area is 104 Å². The molecule has 2 unspecified atom stereocenters. The second-order valence-electron chi connectivity index (χ2n) is 4.96. The fourth-order valence-corrected chi connectivity index (χ4v) is 2.86. The summed E-state index contributed by atoms with van der Waals surface area (Å²) in [5.74, 6) is 0.620. The molecule has 17 heavy (non-hydrogen) atoms. The van der Waals surface area contributed by atoms with Crippen LogP contribution in [0.3, 0.4) is 0 Å². The van der Waals surface area contributed by atoms with Gasteiger partial charge in [-0.25, -0.2) is 0 Å². The van der Waals surface area contributed by atoms with Crippen molar-refractivity contribution < 1.29 is 4.74 Å². The highest BCUT2D eigenvalue weighted by atomic mass is 16.5. The van der Waals surface area contributed by atoms with Gasteiger partial charge in [0, 0.05) is 18.6 Å². The van der Waals surface area contributed by atoms with Crippen molar-refractivity contribution in [2.45, 2.75) is 33.2 Å². The zero-order valence-electron chi connectivity index (χ0n) is 11.1. The smallest absolute Gasteiger partial charge is 0.0513 e. The molecule has 2 nitrogen and oxygen atoms in total. The number of aryl methyl sites for hydroxylation is 2. The molecule has 2 atom stereocenters. The average Bonchev–Trinajstić information content (AvgIpc) is 2.80. The van der Waals surface area contributed by atoms with Gasteiger partial charge in [0.1, 0.15) is 0 Å². The van der Waals surface area contributed by atoms with Crippen molar-refractivity contribution in [2.75, 3.05) is 19.8 Å². The number of hydrogen-bond donors (Lipinski definition) is 1. The van der Waals surface area contributed by atoms with Crippen LogP contribution in [0.15, 0.2) is 18.2 Å². The third kappa shape index (κ3) is 2.70. The van der Waals surface area contributed by atoms with Crippen LogP contribution in [-0.4, -0.2) is 19.8 Å². The van der Waals surface area contributed by atoms with E-state index in [2.05, 4.69) is 44.3 Å². The summed E-state index contributed by atoms with van der Waals surface area (Å²) in [5, 5.41) is 3.64. The lowest BCUT2D eigenvalue weighted by Crippen LogP contribution is -2.29. The maximum Gasteiger partial charge on any atom is 0.0513 e. The van der Waals surface area contributed by atoms with Crippen LogP contribution < -0.4 is 5.32 Å². The molecule has 0 spiro atoms. The quantitative estimate of drug-likeness (QED) is 0.863. The Morgan fingerprint density at radius 3 is 2.59 bits per heavy atom. The predicted molar refractivity (Wildman–Crippen MR) is 71.3 cm³/mol. The van der Waals surface area contributed by atoms with E-state index in [0.29, 0.717) is 12.0 Å². The lowest BCUT2D eigenvalue weighted by Gasteiger charge is -2.27. The average molecular weight is 233 g/mol. The molecule has 0 saturated carbocycles. The lowest BCUT2D eigenvalue weighted by molar-refractivity contribution is 0.177. The molecular formula is C15H23NO. The van der Waals surface area contributed by atoms with Gasteiger partial charge in [-0.05, 0) is 43.5 Å². The Morgan fingerprint density at radius 1 is 1.35 bits per heavy atom. The molecule has 1 aromatic carbocycles. The van der Waals surface area contributed by atoms with Crippen molar-refractivity contribution in [3.8, 4) is 0 Å². The van der Waals surface area contributed by atoms with E-state index < -0.39 is 0 Å². The van der Waals surface area contributed by atoms with E-state index in [1.807, 2.05) is 0 Å². The molecule has 1 saturated heterocycles. The molecule has 1 aromatic rings. The summed E-state index contributed by atoms with van der Waals surface area (Å²) in [7, 11) is 0. The predicted octanol–water partition coefficient (Wildman–Crippen LogP) is 2.99.